The van der Waals surface area contributed by atoms with Gasteiger partial charge in [0.25, 0.3) is 5.72 Å². The van der Waals surface area contributed by atoms with Gasteiger partial charge >= 0.3 is 0 Å². The average Bonchev–Trinajstić information content (AvgIpc) is 3.42. The zero-order valence-corrected chi connectivity index (χ0v) is 19.0. The first kappa shape index (κ1) is 21.0. The third-order valence-corrected chi connectivity index (χ3v) is 6.72. The van der Waals surface area contributed by atoms with Crippen LogP contribution >= 0.6 is 0 Å². The third kappa shape index (κ3) is 2.77. The zero-order valence-electron chi connectivity index (χ0n) is 19.0. The lowest BCUT2D eigenvalue weighted by Gasteiger charge is -2.34. The number of amides is 1. The molecule has 1 atom stereocenters. The summed E-state index contributed by atoms with van der Waals surface area (Å²) in [7, 11) is 0. The minimum absolute atomic E-state index is 0.197. The molecule has 35 heavy (non-hydrogen) atoms. The second-order valence-electron chi connectivity index (χ2n) is 8.57. The van der Waals surface area contributed by atoms with Gasteiger partial charge < -0.3 is 4.74 Å². The number of carbonyl (C=O) groups excluding carboxylic acids is 2. The Hall–Kier alpha value is -4.58. The number of Topliss-reactive ketones (excluding diaryl/α,β-unsaturated/α-hetero) is 1. The van der Waals surface area contributed by atoms with Crippen LogP contribution in [0.2, 0.25) is 0 Å². The van der Waals surface area contributed by atoms with E-state index in [0.717, 1.165) is 16.7 Å². The molecule has 0 saturated carbocycles. The molecular weight excluding hydrogens is 438 g/mol. The molecule has 2 heterocycles. The van der Waals surface area contributed by atoms with Gasteiger partial charge in [0.1, 0.15) is 5.41 Å². The van der Waals surface area contributed by atoms with E-state index in [0.29, 0.717) is 11.1 Å². The Morgan fingerprint density at radius 1 is 0.771 bits per heavy atom. The summed E-state index contributed by atoms with van der Waals surface area (Å²) in [5, 5.41) is 5.72. The maximum atomic E-state index is 15.0. The first-order chi connectivity index (χ1) is 17.1. The highest BCUT2D eigenvalue weighted by molar-refractivity contribution is 6.12. The molecule has 0 bridgehead atoms. The maximum absolute atomic E-state index is 15.0. The SMILES string of the molecule is CC(=O)N1N=C(c2ccncc2)O[C@]12C(=O)C(c1ccccc1)(c1ccccc1)c1ccccc12. The molecule has 3 aromatic carbocycles. The number of ketones is 1. The molecule has 1 amide bonds. The van der Waals surface area contributed by atoms with Gasteiger partial charge in [-0.2, -0.15) is 5.01 Å². The highest BCUT2D eigenvalue weighted by Crippen LogP contribution is 2.57. The summed E-state index contributed by atoms with van der Waals surface area (Å²) in [6, 6.07) is 30.3. The Kier molecular flexibility index (Phi) is 4.64. The van der Waals surface area contributed by atoms with Crippen molar-refractivity contribution in [1.82, 2.24) is 9.99 Å². The molecule has 1 aliphatic carbocycles. The first-order valence-corrected chi connectivity index (χ1v) is 11.3. The summed E-state index contributed by atoms with van der Waals surface area (Å²) in [5.41, 5.74) is 0.642. The highest BCUT2D eigenvalue weighted by Gasteiger charge is 2.69. The lowest BCUT2D eigenvalue weighted by atomic mass is 9.69. The molecule has 0 unspecified atom stereocenters. The van der Waals surface area contributed by atoms with Crippen LogP contribution in [0.5, 0.6) is 0 Å². The van der Waals surface area contributed by atoms with Crippen LogP contribution in [-0.2, 0) is 25.5 Å². The van der Waals surface area contributed by atoms with Crippen molar-refractivity contribution in [3.05, 3.63) is 137 Å². The number of carbonyl (C=O) groups is 2. The fourth-order valence-electron chi connectivity index (χ4n) is 5.30. The zero-order chi connectivity index (χ0) is 24.0. The molecule has 0 saturated heterocycles. The smallest absolute Gasteiger partial charge is 0.293 e. The Morgan fingerprint density at radius 3 is 1.89 bits per heavy atom. The highest BCUT2D eigenvalue weighted by atomic mass is 16.6. The summed E-state index contributed by atoms with van der Waals surface area (Å²) in [6.07, 6.45) is 3.24. The Morgan fingerprint density at radius 2 is 1.31 bits per heavy atom. The van der Waals surface area contributed by atoms with Gasteiger partial charge in [-0.05, 0) is 28.8 Å². The molecule has 4 aromatic rings. The van der Waals surface area contributed by atoms with Crippen LogP contribution in [0, 0.1) is 0 Å². The van der Waals surface area contributed by atoms with Gasteiger partial charge in [-0.1, -0.05) is 84.9 Å². The number of nitrogens with zero attached hydrogens (tertiary/aromatic N) is 3. The number of hydrogen-bond acceptors (Lipinski definition) is 5. The van der Waals surface area contributed by atoms with Gasteiger partial charge in [0.2, 0.25) is 17.6 Å². The van der Waals surface area contributed by atoms with Crippen molar-refractivity contribution >= 4 is 17.6 Å². The molecule has 6 rings (SSSR count). The maximum Gasteiger partial charge on any atom is 0.293 e. The van der Waals surface area contributed by atoms with E-state index in [9.17, 15) is 9.59 Å². The van der Waals surface area contributed by atoms with Gasteiger partial charge in [-0.25, -0.2) is 0 Å². The minimum atomic E-state index is -1.74. The van der Waals surface area contributed by atoms with Crippen molar-refractivity contribution in [3.8, 4) is 0 Å². The summed E-state index contributed by atoms with van der Waals surface area (Å²) in [5.74, 6) is -0.483. The number of pyridine rings is 1. The van der Waals surface area contributed by atoms with Crippen molar-refractivity contribution in [2.75, 3.05) is 0 Å². The number of rotatable bonds is 3. The average molecular weight is 460 g/mol. The van der Waals surface area contributed by atoms with Crippen LogP contribution in [0.25, 0.3) is 0 Å². The van der Waals surface area contributed by atoms with Gasteiger partial charge in [0.15, 0.2) is 0 Å². The minimum Gasteiger partial charge on any atom is -0.435 e. The quantitative estimate of drug-likeness (QED) is 0.456. The van der Waals surface area contributed by atoms with E-state index in [2.05, 4.69) is 10.1 Å². The number of benzene rings is 3. The molecule has 1 spiro atoms. The van der Waals surface area contributed by atoms with Crippen LogP contribution in [0.15, 0.2) is 115 Å². The van der Waals surface area contributed by atoms with Crippen LogP contribution in [-0.4, -0.2) is 27.6 Å². The number of hydrogen-bond donors (Lipinski definition) is 0. The van der Waals surface area contributed by atoms with Crippen LogP contribution in [0.4, 0.5) is 0 Å². The number of ether oxygens (including phenoxy) is 1. The van der Waals surface area contributed by atoms with Crippen molar-refractivity contribution in [1.29, 1.82) is 0 Å². The van der Waals surface area contributed by atoms with Gasteiger partial charge in [-0.3, -0.25) is 14.6 Å². The third-order valence-electron chi connectivity index (χ3n) is 6.72. The Labute approximate surface area is 202 Å². The molecule has 170 valence electrons. The van der Waals surface area contributed by atoms with E-state index in [1.807, 2.05) is 84.9 Å². The number of fused-ring (bicyclic) bond motifs is 2. The van der Waals surface area contributed by atoms with Crippen LogP contribution in [0.1, 0.15) is 34.7 Å². The van der Waals surface area contributed by atoms with Gasteiger partial charge in [0.05, 0.1) is 0 Å². The molecule has 0 N–H and O–H groups in total. The van der Waals surface area contributed by atoms with E-state index in [4.69, 9.17) is 4.74 Å². The van der Waals surface area contributed by atoms with E-state index >= 15 is 0 Å². The number of hydrazone groups is 1. The predicted octanol–water partition coefficient (Wildman–Crippen LogP) is 4.39. The van der Waals surface area contributed by atoms with Crippen LogP contribution < -0.4 is 0 Å². The largest absolute Gasteiger partial charge is 0.435 e. The van der Waals surface area contributed by atoms with E-state index < -0.39 is 17.0 Å². The fraction of sp³-hybridized carbons (Fsp3) is 0.103. The standard InChI is InChI=1S/C29H21N3O3/c1-20(33)32-29(35-26(31-32)21-16-18-30-19-17-21)25-15-9-8-14-24(25)28(27(29)34,22-10-4-2-5-11-22)23-12-6-3-7-13-23/h2-19H,1H3/t29-/m1/s1. The van der Waals surface area contributed by atoms with Gasteiger partial charge in [0, 0.05) is 30.4 Å². The van der Waals surface area contributed by atoms with Crippen molar-refractivity contribution in [2.24, 2.45) is 5.10 Å². The summed E-state index contributed by atoms with van der Waals surface area (Å²) in [6.45, 7) is 1.39. The molecular formula is C29H21N3O3. The normalized spacial score (nSPS) is 19.9. The topological polar surface area (TPSA) is 71.9 Å². The number of aromatic nitrogens is 1. The van der Waals surface area contributed by atoms with E-state index in [1.165, 1.54) is 11.9 Å². The molecule has 1 aromatic heterocycles. The van der Waals surface area contributed by atoms with Gasteiger partial charge in [-0.15, -0.1) is 5.10 Å². The van der Waals surface area contributed by atoms with Crippen molar-refractivity contribution in [2.45, 2.75) is 18.1 Å². The second-order valence-corrected chi connectivity index (χ2v) is 8.57. The van der Waals surface area contributed by atoms with E-state index in [-0.39, 0.29) is 11.7 Å². The van der Waals surface area contributed by atoms with Crippen LogP contribution in [0.3, 0.4) is 0 Å². The van der Waals surface area contributed by atoms with Crippen molar-refractivity contribution in [3.63, 3.8) is 0 Å². The molecule has 6 nitrogen and oxygen atoms in total. The lowest BCUT2D eigenvalue weighted by Crippen LogP contribution is -2.52. The molecule has 1 aliphatic heterocycles. The predicted molar refractivity (Wildman–Crippen MR) is 130 cm³/mol. The summed E-state index contributed by atoms with van der Waals surface area (Å²) in [4.78, 5) is 32.0. The lowest BCUT2D eigenvalue weighted by molar-refractivity contribution is -0.163. The Bertz CT molecular complexity index is 1430. The first-order valence-electron chi connectivity index (χ1n) is 11.3. The van der Waals surface area contributed by atoms with Crippen molar-refractivity contribution < 1.29 is 14.3 Å². The summed E-state index contributed by atoms with van der Waals surface area (Å²) >= 11 is 0. The van der Waals surface area contributed by atoms with E-state index in [1.54, 1.807) is 24.5 Å². The summed E-state index contributed by atoms with van der Waals surface area (Å²) < 4.78 is 6.48. The fourth-order valence-corrected chi connectivity index (χ4v) is 5.30. The molecule has 0 radical (unpaired) electrons. The molecule has 2 aliphatic rings. The second kappa shape index (κ2) is 7.74. The molecule has 6 heteroatoms. The Balaban J connectivity index is 1.67. The monoisotopic (exact) mass is 459 g/mol. The molecule has 0 fully saturated rings.